The fourth-order valence-electron chi connectivity index (χ4n) is 2.18. The second-order valence-electron chi connectivity index (χ2n) is 4.79. The van der Waals surface area contributed by atoms with E-state index >= 15 is 0 Å². The zero-order valence-corrected chi connectivity index (χ0v) is 13.3. The number of thioether (sulfide) groups is 1. The Morgan fingerprint density at radius 2 is 2.05 bits per heavy atom. The van der Waals surface area contributed by atoms with Crippen LogP contribution in [0.1, 0.15) is 24.8 Å². The Balaban J connectivity index is 2.10. The van der Waals surface area contributed by atoms with E-state index in [-0.39, 0.29) is 23.7 Å². The van der Waals surface area contributed by atoms with Gasteiger partial charge in [-0.15, -0.1) is 11.8 Å². The van der Waals surface area contributed by atoms with Crippen molar-refractivity contribution in [3.05, 3.63) is 29.8 Å². The lowest BCUT2D eigenvalue weighted by Gasteiger charge is -2.23. The molecule has 2 rings (SSSR count). The molecule has 0 aliphatic carbocycles. The third-order valence-electron chi connectivity index (χ3n) is 3.09. The van der Waals surface area contributed by atoms with Gasteiger partial charge in [-0.1, -0.05) is 12.1 Å². The number of carbonyl (C=O) groups excluding carboxylic acids is 3. The van der Waals surface area contributed by atoms with Crippen LogP contribution in [0, 0.1) is 0 Å². The predicted molar refractivity (Wildman–Crippen MR) is 84.3 cm³/mol. The van der Waals surface area contributed by atoms with Crippen LogP contribution in [0.4, 0.5) is 5.69 Å². The lowest BCUT2D eigenvalue weighted by molar-refractivity contribution is -0.148. The summed E-state index contributed by atoms with van der Waals surface area (Å²) in [6, 6.07) is 7.25. The Labute approximate surface area is 133 Å². The Morgan fingerprint density at radius 3 is 2.64 bits per heavy atom. The van der Waals surface area contributed by atoms with Crippen molar-refractivity contribution in [2.24, 2.45) is 0 Å². The monoisotopic (exact) mass is 322 g/mol. The molecule has 0 spiro atoms. The second-order valence-corrected chi connectivity index (χ2v) is 5.86. The highest BCUT2D eigenvalue weighted by molar-refractivity contribution is 8.00. The molecule has 1 N–H and O–H groups in total. The van der Waals surface area contributed by atoms with Gasteiger partial charge in [0.05, 0.1) is 12.4 Å². The average molecular weight is 322 g/mol. The van der Waals surface area contributed by atoms with Gasteiger partial charge in [0.25, 0.3) is 0 Å². The number of amides is 2. The molecule has 118 valence electrons. The quantitative estimate of drug-likeness (QED) is 0.836. The van der Waals surface area contributed by atoms with Crippen molar-refractivity contribution in [3.63, 3.8) is 0 Å². The minimum absolute atomic E-state index is 0.0439. The normalized spacial score (nSPS) is 17.5. The van der Waals surface area contributed by atoms with Crippen molar-refractivity contribution >= 4 is 35.2 Å². The number of hydrogen-bond donors (Lipinski definition) is 1. The van der Waals surface area contributed by atoms with Crippen molar-refractivity contribution in [3.8, 4) is 0 Å². The van der Waals surface area contributed by atoms with Crippen LogP contribution in [0.15, 0.2) is 24.3 Å². The van der Waals surface area contributed by atoms with Gasteiger partial charge in [0, 0.05) is 12.6 Å². The molecule has 6 nitrogen and oxygen atoms in total. The van der Waals surface area contributed by atoms with Gasteiger partial charge in [0.2, 0.25) is 11.8 Å². The van der Waals surface area contributed by atoms with Gasteiger partial charge < -0.3 is 15.0 Å². The lowest BCUT2D eigenvalue weighted by atomic mass is 10.2. The first-order valence-corrected chi connectivity index (χ1v) is 8.00. The lowest BCUT2D eigenvalue weighted by Crippen LogP contribution is -2.34. The Kier molecular flexibility index (Phi) is 5.43. The average Bonchev–Trinajstić information content (AvgIpc) is 2.81. The highest BCUT2D eigenvalue weighted by Crippen LogP contribution is 2.38. The topological polar surface area (TPSA) is 75.7 Å². The maximum Gasteiger partial charge on any atom is 0.325 e. The first-order valence-electron chi connectivity index (χ1n) is 6.95. The van der Waals surface area contributed by atoms with Gasteiger partial charge >= 0.3 is 5.97 Å². The number of hydrogen-bond acceptors (Lipinski definition) is 5. The fourth-order valence-corrected chi connectivity index (χ4v) is 3.37. The molecule has 1 saturated heterocycles. The van der Waals surface area contributed by atoms with Crippen LogP contribution in [0.25, 0.3) is 0 Å². The number of nitrogens with one attached hydrogen (secondary N) is 1. The van der Waals surface area contributed by atoms with Crippen molar-refractivity contribution < 1.29 is 19.1 Å². The molecule has 1 fully saturated rings. The minimum Gasteiger partial charge on any atom is -0.465 e. The summed E-state index contributed by atoms with van der Waals surface area (Å²) in [6.07, 6.45) is 0. The zero-order valence-electron chi connectivity index (χ0n) is 12.5. The van der Waals surface area contributed by atoms with Crippen LogP contribution < -0.4 is 5.32 Å². The molecule has 1 unspecified atom stereocenters. The number of anilines is 1. The number of carbonyl (C=O) groups is 3. The standard InChI is InChI=1S/C15H18N2O4S/c1-3-21-14(20)8-17-13(19)9-22-15(17)11-4-6-12(7-5-11)16-10(2)18/h4-7,15H,3,8-9H2,1-2H3,(H,16,18). The summed E-state index contributed by atoms with van der Waals surface area (Å²) in [7, 11) is 0. The number of benzene rings is 1. The molecule has 1 aliphatic rings. The van der Waals surface area contributed by atoms with E-state index in [1.807, 2.05) is 12.1 Å². The van der Waals surface area contributed by atoms with Crippen molar-refractivity contribution in [1.29, 1.82) is 0 Å². The van der Waals surface area contributed by atoms with Gasteiger partial charge in [-0.05, 0) is 24.6 Å². The van der Waals surface area contributed by atoms with E-state index in [2.05, 4.69) is 5.32 Å². The van der Waals surface area contributed by atoms with Gasteiger partial charge in [-0.25, -0.2) is 0 Å². The molecule has 1 heterocycles. The Hall–Kier alpha value is -2.02. The van der Waals surface area contributed by atoms with Crippen LogP contribution in [0.3, 0.4) is 0 Å². The van der Waals surface area contributed by atoms with E-state index < -0.39 is 5.97 Å². The van der Waals surface area contributed by atoms with Crippen LogP contribution >= 0.6 is 11.8 Å². The van der Waals surface area contributed by atoms with E-state index in [4.69, 9.17) is 4.74 Å². The first-order chi connectivity index (χ1) is 10.5. The summed E-state index contributed by atoms with van der Waals surface area (Å²) in [5, 5.41) is 2.49. The van der Waals surface area contributed by atoms with E-state index in [9.17, 15) is 14.4 Å². The molecule has 1 atom stereocenters. The molecule has 2 amide bonds. The molecule has 0 radical (unpaired) electrons. The van der Waals surface area contributed by atoms with E-state index in [0.29, 0.717) is 18.0 Å². The number of ether oxygens (including phenoxy) is 1. The molecule has 1 aromatic carbocycles. The summed E-state index contributed by atoms with van der Waals surface area (Å²) in [4.78, 5) is 36.1. The third-order valence-corrected chi connectivity index (χ3v) is 4.35. The molecule has 1 aromatic rings. The van der Waals surface area contributed by atoms with Crippen LogP contribution in [-0.2, 0) is 19.1 Å². The van der Waals surface area contributed by atoms with E-state index in [0.717, 1.165) is 5.56 Å². The summed E-state index contributed by atoms with van der Waals surface area (Å²) >= 11 is 1.47. The van der Waals surface area contributed by atoms with Crippen molar-refractivity contribution in [2.45, 2.75) is 19.2 Å². The van der Waals surface area contributed by atoms with Gasteiger partial charge in [-0.2, -0.15) is 0 Å². The van der Waals surface area contributed by atoms with Gasteiger partial charge in [0.15, 0.2) is 0 Å². The van der Waals surface area contributed by atoms with Crippen LogP contribution in [0.5, 0.6) is 0 Å². The summed E-state index contributed by atoms with van der Waals surface area (Å²) in [5.41, 5.74) is 1.61. The summed E-state index contributed by atoms with van der Waals surface area (Å²) < 4.78 is 4.91. The summed E-state index contributed by atoms with van der Waals surface area (Å²) in [6.45, 7) is 3.43. The van der Waals surface area contributed by atoms with E-state index in [1.54, 1.807) is 19.1 Å². The van der Waals surface area contributed by atoms with E-state index in [1.165, 1.54) is 23.6 Å². The SMILES string of the molecule is CCOC(=O)CN1C(=O)CSC1c1ccc(NC(C)=O)cc1. The predicted octanol–water partition coefficient (Wildman–Crippen LogP) is 1.78. The number of esters is 1. The molecular weight excluding hydrogens is 304 g/mol. The highest BCUT2D eigenvalue weighted by Gasteiger charge is 2.34. The Morgan fingerprint density at radius 1 is 1.36 bits per heavy atom. The maximum absolute atomic E-state index is 12.0. The number of rotatable bonds is 5. The van der Waals surface area contributed by atoms with Crippen molar-refractivity contribution in [2.75, 3.05) is 24.2 Å². The molecule has 0 aromatic heterocycles. The zero-order chi connectivity index (χ0) is 16.1. The molecule has 0 saturated carbocycles. The minimum atomic E-state index is -0.404. The van der Waals surface area contributed by atoms with Crippen LogP contribution in [-0.4, -0.2) is 41.6 Å². The van der Waals surface area contributed by atoms with Crippen LogP contribution in [0.2, 0.25) is 0 Å². The Bertz CT molecular complexity index is 573. The summed E-state index contributed by atoms with van der Waals surface area (Å²) in [5.74, 6) is -0.272. The number of nitrogens with zero attached hydrogens (tertiary/aromatic N) is 1. The van der Waals surface area contributed by atoms with Gasteiger partial charge in [-0.3, -0.25) is 14.4 Å². The third kappa shape index (κ3) is 4.00. The first kappa shape index (κ1) is 16.4. The molecule has 0 bridgehead atoms. The van der Waals surface area contributed by atoms with Crippen molar-refractivity contribution in [1.82, 2.24) is 4.90 Å². The highest BCUT2D eigenvalue weighted by atomic mass is 32.2. The molecule has 22 heavy (non-hydrogen) atoms. The fraction of sp³-hybridized carbons (Fsp3) is 0.400. The van der Waals surface area contributed by atoms with Gasteiger partial charge in [0.1, 0.15) is 11.9 Å². The molecule has 7 heteroatoms. The second kappa shape index (κ2) is 7.31. The largest absolute Gasteiger partial charge is 0.465 e. The maximum atomic E-state index is 12.0. The molecule has 1 aliphatic heterocycles. The molecular formula is C15H18N2O4S. The smallest absolute Gasteiger partial charge is 0.325 e.